The summed E-state index contributed by atoms with van der Waals surface area (Å²) in [6.45, 7) is -5.92. The van der Waals surface area contributed by atoms with Gasteiger partial charge in [0.1, 0.15) is 5.75 Å². The first-order valence-electron chi connectivity index (χ1n) is 7.29. The summed E-state index contributed by atoms with van der Waals surface area (Å²) in [6.07, 6.45) is 2.73. The molecule has 0 unspecified atom stereocenters. The Bertz CT molecular complexity index is 773. The minimum absolute atomic E-state index is 0.00180. The average Bonchev–Trinajstić information content (AvgIpc) is 2.60. The third-order valence-electron chi connectivity index (χ3n) is 3.20. The largest absolute Gasteiger partial charge is 0.493 e. The van der Waals surface area contributed by atoms with Gasteiger partial charge in [0.2, 0.25) is 0 Å². The molecule has 2 aromatic rings. The molecule has 2 aromatic carbocycles. The van der Waals surface area contributed by atoms with Crippen molar-refractivity contribution in [3.05, 3.63) is 59.7 Å². The second kappa shape index (κ2) is 8.89. The van der Waals surface area contributed by atoms with Gasteiger partial charge in [-0.1, -0.05) is 18.2 Å². The van der Waals surface area contributed by atoms with Crippen molar-refractivity contribution in [2.24, 2.45) is 0 Å². The molecular weight excluding hydrogens is 356 g/mol. The second-order valence-electron chi connectivity index (χ2n) is 4.89. The predicted molar refractivity (Wildman–Crippen MR) is 86.1 cm³/mol. The third kappa shape index (κ3) is 5.51. The Morgan fingerprint density at radius 1 is 0.923 bits per heavy atom. The molecule has 2 rings (SSSR count). The van der Waals surface area contributed by atoms with Gasteiger partial charge in [-0.25, -0.2) is 0 Å². The zero-order chi connectivity index (χ0) is 19.1. The molecule has 0 heterocycles. The molecule has 0 saturated carbocycles. The standard InChI is InChI=1S/C18H14F4O4/c1-24-16-10-12(5-9-15(16)26-18(21)22)14(23)8-4-11-2-6-13(7-3-11)25-17(19)20/h2-10,17-18H,1H3. The van der Waals surface area contributed by atoms with Crippen molar-refractivity contribution in [2.45, 2.75) is 13.2 Å². The van der Waals surface area contributed by atoms with Gasteiger partial charge in [-0.2, -0.15) is 17.6 Å². The highest BCUT2D eigenvalue weighted by Crippen LogP contribution is 2.29. The minimum atomic E-state index is -3.01. The molecule has 0 aliphatic carbocycles. The van der Waals surface area contributed by atoms with Crippen molar-refractivity contribution in [2.75, 3.05) is 7.11 Å². The quantitative estimate of drug-likeness (QED) is 0.381. The van der Waals surface area contributed by atoms with Gasteiger partial charge in [0.15, 0.2) is 17.3 Å². The molecule has 0 aromatic heterocycles. The van der Waals surface area contributed by atoms with Crippen molar-refractivity contribution >= 4 is 11.9 Å². The normalized spacial score (nSPS) is 11.2. The maximum absolute atomic E-state index is 12.3. The van der Waals surface area contributed by atoms with E-state index >= 15 is 0 Å². The molecule has 0 saturated heterocycles. The van der Waals surface area contributed by atoms with Gasteiger partial charge >= 0.3 is 13.2 Å². The highest BCUT2D eigenvalue weighted by atomic mass is 19.3. The molecule has 138 valence electrons. The number of ether oxygens (including phenoxy) is 3. The number of halogens is 4. The fourth-order valence-electron chi connectivity index (χ4n) is 2.04. The number of allylic oxidation sites excluding steroid dienone is 1. The molecule has 0 aliphatic rings. The summed E-state index contributed by atoms with van der Waals surface area (Å²) in [5, 5.41) is 0. The van der Waals surface area contributed by atoms with E-state index in [1.807, 2.05) is 0 Å². The molecule has 0 aliphatic heterocycles. The maximum Gasteiger partial charge on any atom is 0.387 e. The Kier molecular flexibility index (Phi) is 6.60. The maximum atomic E-state index is 12.3. The topological polar surface area (TPSA) is 44.8 Å². The zero-order valence-corrected chi connectivity index (χ0v) is 13.5. The number of hydrogen-bond acceptors (Lipinski definition) is 4. The second-order valence-corrected chi connectivity index (χ2v) is 4.89. The first-order chi connectivity index (χ1) is 12.4. The first kappa shape index (κ1) is 19.3. The molecule has 0 bridgehead atoms. The monoisotopic (exact) mass is 370 g/mol. The number of benzene rings is 2. The lowest BCUT2D eigenvalue weighted by Crippen LogP contribution is -2.04. The molecule has 0 fully saturated rings. The van der Waals surface area contributed by atoms with Crippen LogP contribution in [0.4, 0.5) is 17.6 Å². The summed E-state index contributed by atoms with van der Waals surface area (Å²) >= 11 is 0. The molecule has 0 atom stereocenters. The average molecular weight is 370 g/mol. The number of rotatable bonds is 8. The van der Waals surface area contributed by atoms with Crippen molar-refractivity contribution in [1.29, 1.82) is 0 Å². The van der Waals surface area contributed by atoms with Gasteiger partial charge in [0, 0.05) is 5.56 Å². The lowest BCUT2D eigenvalue weighted by molar-refractivity contribution is -0.0514. The van der Waals surface area contributed by atoms with E-state index < -0.39 is 19.0 Å². The highest BCUT2D eigenvalue weighted by molar-refractivity contribution is 6.07. The molecule has 4 nitrogen and oxygen atoms in total. The molecule has 26 heavy (non-hydrogen) atoms. The highest BCUT2D eigenvalue weighted by Gasteiger charge is 2.13. The smallest absolute Gasteiger partial charge is 0.387 e. The van der Waals surface area contributed by atoms with Gasteiger partial charge in [0.25, 0.3) is 0 Å². The van der Waals surface area contributed by atoms with Crippen LogP contribution in [0.25, 0.3) is 6.08 Å². The van der Waals surface area contributed by atoms with E-state index in [4.69, 9.17) is 4.74 Å². The Labute approximate surface area is 146 Å². The fourth-order valence-corrected chi connectivity index (χ4v) is 2.04. The van der Waals surface area contributed by atoms with Crippen LogP contribution in [0.1, 0.15) is 15.9 Å². The van der Waals surface area contributed by atoms with E-state index in [0.717, 1.165) is 0 Å². The van der Waals surface area contributed by atoms with Crippen molar-refractivity contribution in [1.82, 2.24) is 0 Å². The van der Waals surface area contributed by atoms with Crippen LogP contribution in [-0.4, -0.2) is 26.1 Å². The summed E-state index contributed by atoms with van der Waals surface area (Å²) in [7, 11) is 1.26. The number of ketones is 1. The van der Waals surface area contributed by atoms with Gasteiger partial charge < -0.3 is 14.2 Å². The summed E-state index contributed by atoms with van der Waals surface area (Å²) in [5.41, 5.74) is 0.793. The number of hydrogen-bond donors (Lipinski definition) is 0. The van der Waals surface area contributed by atoms with Crippen LogP contribution in [0.5, 0.6) is 17.2 Å². The number of carbonyl (C=O) groups excluding carboxylic acids is 1. The Balaban J connectivity index is 2.10. The first-order valence-corrected chi connectivity index (χ1v) is 7.29. The summed E-state index contributed by atoms with van der Waals surface area (Å²) in [5.74, 6) is -0.585. The van der Waals surface area contributed by atoms with E-state index in [9.17, 15) is 22.4 Å². The fraction of sp³-hybridized carbons (Fsp3) is 0.167. The lowest BCUT2D eigenvalue weighted by atomic mass is 10.1. The van der Waals surface area contributed by atoms with Crippen LogP contribution < -0.4 is 14.2 Å². The van der Waals surface area contributed by atoms with Gasteiger partial charge in [-0.05, 0) is 42.0 Å². The van der Waals surface area contributed by atoms with Crippen LogP contribution in [0.15, 0.2) is 48.5 Å². The number of methoxy groups -OCH3 is 1. The Hall–Kier alpha value is -3.03. The summed E-state index contributed by atoms with van der Waals surface area (Å²) in [6, 6.07) is 9.51. The lowest BCUT2D eigenvalue weighted by Gasteiger charge is -2.10. The SMILES string of the molecule is COc1cc(C(=O)C=Cc2ccc(OC(F)F)cc2)ccc1OC(F)F. The van der Waals surface area contributed by atoms with Gasteiger partial charge in [0.05, 0.1) is 7.11 Å². The van der Waals surface area contributed by atoms with E-state index in [0.29, 0.717) is 5.56 Å². The molecule has 0 radical (unpaired) electrons. The van der Waals surface area contributed by atoms with E-state index in [2.05, 4.69) is 9.47 Å². The van der Waals surface area contributed by atoms with Gasteiger partial charge in [-0.3, -0.25) is 4.79 Å². The Morgan fingerprint density at radius 3 is 2.15 bits per heavy atom. The van der Waals surface area contributed by atoms with Crippen LogP contribution in [-0.2, 0) is 0 Å². The minimum Gasteiger partial charge on any atom is -0.493 e. The van der Waals surface area contributed by atoms with Crippen molar-refractivity contribution in [3.63, 3.8) is 0 Å². The number of carbonyl (C=O) groups is 1. The van der Waals surface area contributed by atoms with E-state index in [-0.39, 0.29) is 22.8 Å². The van der Waals surface area contributed by atoms with Crippen molar-refractivity contribution in [3.8, 4) is 17.2 Å². The van der Waals surface area contributed by atoms with Crippen LogP contribution in [0, 0.1) is 0 Å². The van der Waals surface area contributed by atoms with Crippen LogP contribution in [0.2, 0.25) is 0 Å². The third-order valence-corrected chi connectivity index (χ3v) is 3.20. The van der Waals surface area contributed by atoms with E-state index in [1.54, 1.807) is 0 Å². The number of alkyl halides is 4. The van der Waals surface area contributed by atoms with Crippen molar-refractivity contribution < 1.29 is 36.6 Å². The summed E-state index contributed by atoms with van der Waals surface area (Å²) < 4.78 is 62.2. The summed E-state index contributed by atoms with van der Waals surface area (Å²) in [4.78, 5) is 12.2. The molecule has 0 N–H and O–H groups in total. The molecule has 8 heteroatoms. The van der Waals surface area contributed by atoms with Crippen LogP contribution >= 0.6 is 0 Å². The van der Waals surface area contributed by atoms with E-state index in [1.165, 1.54) is 61.7 Å². The predicted octanol–water partition coefficient (Wildman–Crippen LogP) is 4.79. The molecule has 0 spiro atoms. The molecule has 0 amide bonds. The van der Waals surface area contributed by atoms with Crippen LogP contribution in [0.3, 0.4) is 0 Å². The van der Waals surface area contributed by atoms with Gasteiger partial charge in [-0.15, -0.1) is 0 Å². The Morgan fingerprint density at radius 2 is 1.58 bits per heavy atom. The molecular formula is C18H14F4O4. The zero-order valence-electron chi connectivity index (χ0n) is 13.5.